The van der Waals surface area contributed by atoms with Crippen LogP contribution in [0, 0.1) is 0 Å². The smallest absolute Gasteiger partial charge is 0.257 e. The highest BCUT2D eigenvalue weighted by Crippen LogP contribution is 2.40. The summed E-state index contributed by atoms with van der Waals surface area (Å²) in [5.74, 6) is 0.411. The van der Waals surface area contributed by atoms with E-state index in [0.717, 1.165) is 27.4 Å². The summed E-state index contributed by atoms with van der Waals surface area (Å²) < 4.78 is 32.9. The van der Waals surface area contributed by atoms with Gasteiger partial charge in [0.2, 0.25) is 10.0 Å². The Bertz CT molecular complexity index is 1450. The standard InChI is InChI=1S/C25H21N3O4S2/c1-28(15-17-7-3-2-4-8-17)34(30,31)19-13-11-18(12-14-19)24(29)27-25-26-23-20-9-5-6-10-21(20)32-16-22(23)33-25/h2-14H,15-16H2,1H3,(H,26,27,29). The number of nitrogens with one attached hydrogen (secondary N) is 1. The fraction of sp³-hybridized carbons (Fsp3) is 0.120. The van der Waals surface area contributed by atoms with Crippen LogP contribution in [0.5, 0.6) is 5.75 Å². The Morgan fingerprint density at radius 3 is 2.50 bits per heavy atom. The van der Waals surface area contributed by atoms with Crippen molar-refractivity contribution >= 4 is 32.4 Å². The molecular formula is C25H21N3O4S2. The summed E-state index contributed by atoms with van der Waals surface area (Å²) >= 11 is 1.36. The van der Waals surface area contributed by atoms with Crippen LogP contribution in [0.1, 0.15) is 20.8 Å². The molecule has 0 bridgehead atoms. The highest BCUT2D eigenvalue weighted by Gasteiger charge is 2.24. The Hall–Kier alpha value is -3.53. The molecule has 1 aliphatic heterocycles. The number of carbonyl (C=O) groups is 1. The van der Waals surface area contributed by atoms with Gasteiger partial charge in [-0.25, -0.2) is 13.4 Å². The van der Waals surface area contributed by atoms with E-state index < -0.39 is 10.0 Å². The number of nitrogens with zero attached hydrogens (tertiary/aromatic N) is 2. The number of para-hydroxylation sites is 1. The first-order chi connectivity index (χ1) is 16.4. The predicted molar refractivity (Wildman–Crippen MR) is 131 cm³/mol. The predicted octanol–water partition coefficient (Wildman–Crippen LogP) is 4.78. The van der Waals surface area contributed by atoms with E-state index in [0.29, 0.717) is 17.3 Å². The summed E-state index contributed by atoms with van der Waals surface area (Å²) in [6.07, 6.45) is 0. The molecule has 0 spiro atoms. The van der Waals surface area contributed by atoms with Gasteiger partial charge in [0.25, 0.3) is 5.91 Å². The van der Waals surface area contributed by atoms with E-state index in [1.54, 1.807) is 0 Å². The van der Waals surface area contributed by atoms with Crippen molar-refractivity contribution in [2.45, 2.75) is 18.0 Å². The lowest BCUT2D eigenvalue weighted by molar-refractivity contribution is 0.102. The molecule has 9 heteroatoms. The zero-order chi connectivity index (χ0) is 23.7. The number of carbonyl (C=O) groups excluding carboxylic acids is 1. The SMILES string of the molecule is CN(Cc1ccccc1)S(=O)(=O)c1ccc(C(=O)Nc2nc3c(s2)COc2ccccc2-3)cc1. The largest absolute Gasteiger partial charge is 0.487 e. The summed E-state index contributed by atoms with van der Waals surface area (Å²) in [7, 11) is -2.15. The maximum absolute atomic E-state index is 12.9. The third-order valence-electron chi connectivity index (χ3n) is 5.49. The molecule has 3 aromatic carbocycles. The van der Waals surface area contributed by atoms with Crippen molar-refractivity contribution in [1.82, 2.24) is 9.29 Å². The number of sulfonamides is 1. The number of hydrogen-bond donors (Lipinski definition) is 1. The molecule has 0 radical (unpaired) electrons. The van der Waals surface area contributed by atoms with Crippen molar-refractivity contribution in [1.29, 1.82) is 0 Å². The van der Waals surface area contributed by atoms with Crippen molar-refractivity contribution in [3.63, 3.8) is 0 Å². The van der Waals surface area contributed by atoms with Gasteiger partial charge < -0.3 is 4.74 Å². The topological polar surface area (TPSA) is 88.6 Å². The first kappa shape index (κ1) is 22.3. The average Bonchev–Trinajstić information content (AvgIpc) is 3.27. The zero-order valence-electron chi connectivity index (χ0n) is 18.3. The minimum Gasteiger partial charge on any atom is -0.487 e. The van der Waals surface area contributed by atoms with Gasteiger partial charge in [0.15, 0.2) is 5.13 Å². The van der Waals surface area contributed by atoms with Crippen molar-refractivity contribution < 1.29 is 17.9 Å². The molecular weight excluding hydrogens is 470 g/mol. The minimum atomic E-state index is -3.69. The first-order valence-electron chi connectivity index (χ1n) is 10.6. The maximum atomic E-state index is 12.9. The van der Waals surface area contributed by atoms with Crippen LogP contribution in [0.15, 0.2) is 83.8 Å². The molecule has 1 N–H and O–H groups in total. The molecule has 0 fully saturated rings. The van der Waals surface area contributed by atoms with Crippen molar-refractivity contribution in [3.8, 4) is 17.0 Å². The van der Waals surface area contributed by atoms with Gasteiger partial charge >= 0.3 is 0 Å². The van der Waals surface area contributed by atoms with Crippen LogP contribution in [-0.2, 0) is 23.2 Å². The Balaban J connectivity index is 1.30. The van der Waals surface area contributed by atoms with Gasteiger partial charge in [-0.05, 0) is 42.0 Å². The van der Waals surface area contributed by atoms with E-state index in [2.05, 4.69) is 10.3 Å². The molecule has 1 aromatic heterocycles. The molecule has 0 unspecified atom stereocenters. The monoisotopic (exact) mass is 491 g/mol. The Labute approximate surface area is 201 Å². The Morgan fingerprint density at radius 2 is 1.74 bits per heavy atom. The second-order valence-corrected chi connectivity index (χ2v) is 10.9. The minimum absolute atomic E-state index is 0.126. The van der Waals surface area contributed by atoms with Gasteiger partial charge in [-0.2, -0.15) is 4.31 Å². The van der Waals surface area contributed by atoms with Crippen LogP contribution < -0.4 is 10.1 Å². The second kappa shape index (κ2) is 9.02. The van der Waals surface area contributed by atoms with Gasteiger partial charge in [0.1, 0.15) is 12.4 Å². The van der Waals surface area contributed by atoms with Crippen LogP contribution in [0.3, 0.4) is 0 Å². The first-order valence-corrected chi connectivity index (χ1v) is 12.8. The number of amides is 1. The number of hydrogen-bond acceptors (Lipinski definition) is 6. The van der Waals surface area contributed by atoms with E-state index in [9.17, 15) is 13.2 Å². The number of thiazole rings is 1. The number of anilines is 1. The molecule has 172 valence electrons. The lowest BCUT2D eigenvalue weighted by atomic mass is 10.1. The Morgan fingerprint density at radius 1 is 1.03 bits per heavy atom. The van der Waals surface area contributed by atoms with Crippen LogP contribution in [-0.4, -0.2) is 30.7 Å². The molecule has 0 saturated carbocycles. The van der Waals surface area contributed by atoms with E-state index in [-0.39, 0.29) is 17.3 Å². The number of benzene rings is 3. The quantitative estimate of drug-likeness (QED) is 0.420. The molecule has 2 heterocycles. The molecule has 5 rings (SSSR count). The van der Waals surface area contributed by atoms with E-state index >= 15 is 0 Å². The summed E-state index contributed by atoms with van der Waals surface area (Å²) in [6, 6.07) is 22.9. The lowest BCUT2D eigenvalue weighted by Crippen LogP contribution is -2.26. The molecule has 1 aliphatic rings. The maximum Gasteiger partial charge on any atom is 0.257 e. The molecule has 4 aromatic rings. The normalized spacial score (nSPS) is 12.5. The number of aromatic nitrogens is 1. The molecule has 0 saturated heterocycles. The van der Waals surface area contributed by atoms with Crippen LogP contribution >= 0.6 is 11.3 Å². The van der Waals surface area contributed by atoms with Crippen molar-refractivity contribution in [2.24, 2.45) is 0 Å². The molecule has 0 aliphatic carbocycles. The van der Waals surface area contributed by atoms with Crippen LogP contribution in [0.25, 0.3) is 11.3 Å². The van der Waals surface area contributed by atoms with Gasteiger partial charge in [-0.15, -0.1) is 0 Å². The van der Waals surface area contributed by atoms with Gasteiger partial charge in [-0.1, -0.05) is 53.8 Å². The van der Waals surface area contributed by atoms with E-state index in [1.165, 1.54) is 47.0 Å². The van der Waals surface area contributed by atoms with Gasteiger partial charge in [0.05, 0.1) is 15.5 Å². The molecule has 0 atom stereocenters. The summed E-state index contributed by atoms with van der Waals surface area (Å²) in [5, 5.41) is 3.28. The van der Waals surface area contributed by atoms with Gasteiger partial charge in [-0.3, -0.25) is 10.1 Å². The molecule has 7 nitrogen and oxygen atoms in total. The third kappa shape index (κ3) is 4.33. The summed E-state index contributed by atoms with van der Waals surface area (Å²) in [6.45, 7) is 0.663. The average molecular weight is 492 g/mol. The number of ether oxygens (including phenoxy) is 1. The van der Waals surface area contributed by atoms with Crippen molar-refractivity contribution in [2.75, 3.05) is 12.4 Å². The summed E-state index contributed by atoms with van der Waals surface area (Å²) in [5.41, 5.74) is 2.94. The van der Waals surface area contributed by atoms with Gasteiger partial charge in [0, 0.05) is 24.7 Å². The Kier molecular flexibility index (Phi) is 5.91. The van der Waals surface area contributed by atoms with Crippen LogP contribution in [0.2, 0.25) is 0 Å². The second-order valence-electron chi connectivity index (χ2n) is 7.80. The van der Waals surface area contributed by atoms with E-state index in [1.807, 2.05) is 54.6 Å². The fourth-order valence-corrected chi connectivity index (χ4v) is 5.74. The zero-order valence-corrected chi connectivity index (χ0v) is 19.9. The van der Waals surface area contributed by atoms with Crippen molar-refractivity contribution in [3.05, 3.63) is 94.9 Å². The third-order valence-corrected chi connectivity index (χ3v) is 8.25. The lowest BCUT2D eigenvalue weighted by Gasteiger charge is -2.17. The molecule has 34 heavy (non-hydrogen) atoms. The molecule has 1 amide bonds. The number of fused-ring (bicyclic) bond motifs is 3. The van der Waals surface area contributed by atoms with E-state index in [4.69, 9.17) is 4.74 Å². The highest BCUT2D eigenvalue weighted by atomic mass is 32.2. The fourth-order valence-electron chi connectivity index (χ4n) is 3.70. The number of rotatable bonds is 6. The van der Waals surface area contributed by atoms with Crippen LogP contribution in [0.4, 0.5) is 5.13 Å². The highest BCUT2D eigenvalue weighted by molar-refractivity contribution is 7.89. The summed E-state index contributed by atoms with van der Waals surface area (Å²) in [4.78, 5) is 18.4.